The number of aromatic nitrogens is 1. The number of nitrogens with two attached hydrogens (primary N) is 1. The average molecular weight is 408 g/mol. The van der Waals surface area contributed by atoms with Crippen molar-refractivity contribution in [3.63, 3.8) is 0 Å². The lowest BCUT2D eigenvalue weighted by Gasteiger charge is -2.26. The molecule has 0 bridgehead atoms. The number of aromatic hydroxyl groups is 1. The Morgan fingerprint density at radius 3 is 2.63 bits per heavy atom. The standard InChI is InChI=1S/C22H24N4O4/c23-17(10-14-3-5-16(27)6-4-14)22(30)25-9-7-18-21(25)19(28)13-26(18)20(29)11-15-2-1-8-24-12-15/h1-6,8,12,17-18,21,27H,7,9-11,13,23H2. The van der Waals surface area contributed by atoms with Crippen molar-refractivity contribution in [2.24, 2.45) is 5.73 Å². The van der Waals surface area contributed by atoms with Gasteiger partial charge in [-0.25, -0.2) is 0 Å². The number of carbonyl (C=O) groups is 3. The van der Waals surface area contributed by atoms with Gasteiger partial charge in [0.2, 0.25) is 11.8 Å². The first-order chi connectivity index (χ1) is 14.4. The van der Waals surface area contributed by atoms with E-state index in [9.17, 15) is 19.5 Å². The minimum atomic E-state index is -0.791. The van der Waals surface area contributed by atoms with E-state index in [2.05, 4.69) is 4.98 Å². The van der Waals surface area contributed by atoms with Crippen molar-refractivity contribution >= 4 is 17.6 Å². The van der Waals surface area contributed by atoms with Crippen molar-refractivity contribution in [1.82, 2.24) is 14.8 Å². The van der Waals surface area contributed by atoms with E-state index in [-0.39, 0.29) is 42.4 Å². The summed E-state index contributed by atoms with van der Waals surface area (Å²) in [6.45, 7) is 0.422. The second-order valence-corrected chi connectivity index (χ2v) is 7.84. The zero-order valence-electron chi connectivity index (χ0n) is 16.5. The van der Waals surface area contributed by atoms with Crippen molar-refractivity contribution < 1.29 is 19.5 Å². The third-order valence-corrected chi connectivity index (χ3v) is 5.81. The minimum absolute atomic E-state index is 0.0193. The van der Waals surface area contributed by atoms with Crippen molar-refractivity contribution in [3.05, 3.63) is 59.9 Å². The fourth-order valence-electron chi connectivity index (χ4n) is 4.35. The molecular weight excluding hydrogens is 384 g/mol. The molecule has 3 N–H and O–H groups in total. The number of hydrogen-bond acceptors (Lipinski definition) is 6. The van der Waals surface area contributed by atoms with Gasteiger partial charge in [0, 0.05) is 18.9 Å². The summed E-state index contributed by atoms with van der Waals surface area (Å²) in [6, 6.07) is 8.41. The van der Waals surface area contributed by atoms with Crippen LogP contribution in [-0.2, 0) is 27.2 Å². The molecule has 2 aliphatic rings. The second kappa shape index (κ2) is 8.23. The Morgan fingerprint density at radius 1 is 1.17 bits per heavy atom. The van der Waals surface area contributed by atoms with Crippen LogP contribution < -0.4 is 5.73 Å². The summed E-state index contributed by atoms with van der Waals surface area (Å²) in [5.41, 5.74) is 7.76. The normalized spacial score (nSPS) is 21.6. The molecule has 1 aromatic carbocycles. The number of ketones is 1. The van der Waals surface area contributed by atoms with Crippen LogP contribution in [0.15, 0.2) is 48.8 Å². The van der Waals surface area contributed by atoms with Crippen LogP contribution in [0.25, 0.3) is 0 Å². The molecule has 8 nitrogen and oxygen atoms in total. The number of Topliss-reactive ketones (excluding diaryl/α,β-unsaturated/α-hetero) is 1. The van der Waals surface area contributed by atoms with Crippen LogP contribution in [0, 0.1) is 0 Å². The van der Waals surface area contributed by atoms with E-state index in [0.717, 1.165) is 11.1 Å². The average Bonchev–Trinajstić information content (AvgIpc) is 3.31. The molecule has 2 aromatic rings. The largest absolute Gasteiger partial charge is 0.508 e. The third kappa shape index (κ3) is 3.91. The van der Waals surface area contributed by atoms with Crippen LogP contribution in [0.5, 0.6) is 5.75 Å². The molecule has 0 radical (unpaired) electrons. The monoisotopic (exact) mass is 408 g/mol. The van der Waals surface area contributed by atoms with Crippen LogP contribution in [0.2, 0.25) is 0 Å². The number of fused-ring (bicyclic) bond motifs is 1. The molecule has 2 saturated heterocycles. The minimum Gasteiger partial charge on any atom is -0.508 e. The molecule has 8 heteroatoms. The first-order valence-corrected chi connectivity index (χ1v) is 9.99. The van der Waals surface area contributed by atoms with E-state index in [1.807, 2.05) is 6.07 Å². The smallest absolute Gasteiger partial charge is 0.240 e. The lowest BCUT2D eigenvalue weighted by molar-refractivity contribution is -0.137. The van der Waals surface area contributed by atoms with Crippen molar-refractivity contribution in [2.75, 3.05) is 13.1 Å². The fraction of sp³-hybridized carbons (Fsp3) is 0.364. The predicted octanol–water partition coefficient (Wildman–Crippen LogP) is 0.281. The number of nitrogens with zero attached hydrogens (tertiary/aromatic N) is 3. The number of pyridine rings is 1. The van der Waals surface area contributed by atoms with E-state index < -0.39 is 12.1 Å². The number of hydrogen-bond donors (Lipinski definition) is 2. The van der Waals surface area contributed by atoms with Gasteiger partial charge in [-0.2, -0.15) is 0 Å². The number of amides is 2. The molecule has 3 unspecified atom stereocenters. The highest BCUT2D eigenvalue weighted by Gasteiger charge is 2.51. The van der Waals surface area contributed by atoms with Crippen molar-refractivity contribution in [1.29, 1.82) is 0 Å². The van der Waals surface area contributed by atoms with E-state index >= 15 is 0 Å². The molecule has 0 spiro atoms. The highest BCUT2D eigenvalue weighted by molar-refractivity contribution is 5.98. The van der Waals surface area contributed by atoms with Crippen LogP contribution >= 0.6 is 0 Å². The summed E-state index contributed by atoms with van der Waals surface area (Å²) in [4.78, 5) is 45.6. The topological polar surface area (TPSA) is 117 Å². The Morgan fingerprint density at radius 2 is 1.93 bits per heavy atom. The molecular formula is C22H24N4O4. The van der Waals surface area contributed by atoms with Crippen molar-refractivity contribution in [2.45, 2.75) is 37.4 Å². The van der Waals surface area contributed by atoms with Gasteiger partial charge >= 0.3 is 0 Å². The Hall–Kier alpha value is -3.26. The third-order valence-electron chi connectivity index (χ3n) is 5.81. The predicted molar refractivity (Wildman–Crippen MR) is 108 cm³/mol. The molecule has 2 aliphatic heterocycles. The number of rotatable bonds is 5. The zero-order valence-corrected chi connectivity index (χ0v) is 16.5. The second-order valence-electron chi connectivity index (χ2n) is 7.84. The quantitative estimate of drug-likeness (QED) is 0.734. The summed E-state index contributed by atoms with van der Waals surface area (Å²) in [5, 5.41) is 9.39. The first-order valence-electron chi connectivity index (χ1n) is 9.99. The van der Waals surface area contributed by atoms with Gasteiger partial charge in [0.1, 0.15) is 11.8 Å². The Bertz CT molecular complexity index is 947. The molecule has 156 valence electrons. The van der Waals surface area contributed by atoms with Crippen LogP contribution in [0.4, 0.5) is 0 Å². The van der Waals surface area contributed by atoms with Crippen molar-refractivity contribution in [3.8, 4) is 5.75 Å². The van der Waals surface area contributed by atoms with Crippen LogP contribution in [-0.4, -0.2) is 68.7 Å². The molecule has 3 atom stereocenters. The molecule has 30 heavy (non-hydrogen) atoms. The molecule has 3 heterocycles. The Labute approximate surface area is 174 Å². The Balaban J connectivity index is 1.42. The number of likely N-dealkylation sites (tertiary alicyclic amines) is 2. The highest BCUT2D eigenvalue weighted by atomic mass is 16.3. The van der Waals surface area contributed by atoms with Crippen LogP contribution in [0.3, 0.4) is 0 Å². The lowest BCUT2D eigenvalue weighted by atomic mass is 10.0. The van der Waals surface area contributed by atoms with Gasteiger partial charge in [-0.3, -0.25) is 19.4 Å². The molecule has 1 aromatic heterocycles. The molecule has 0 saturated carbocycles. The summed E-state index contributed by atoms with van der Waals surface area (Å²) in [6.07, 6.45) is 4.34. The maximum atomic E-state index is 13.0. The first kappa shape index (κ1) is 20.0. The van der Waals surface area contributed by atoms with E-state index in [0.29, 0.717) is 19.4 Å². The SMILES string of the molecule is NC(Cc1ccc(O)cc1)C(=O)N1CCC2C1C(=O)CN2C(=O)Cc1cccnc1. The van der Waals surface area contributed by atoms with Crippen LogP contribution in [0.1, 0.15) is 17.5 Å². The summed E-state index contributed by atoms with van der Waals surface area (Å²) in [5.74, 6) is -0.395. The number of phenols is 1. The zero-order chi connectivity index (χ0) is 21.3. The van der Waals surface area contributed by atoms with Gasteiger partial charge in [0.05, 0.1) is 25.0 Å². The van der Waals surface area contributed by atoms with Gasteiger partial charge in [-0.15, -0.1) is 0 Å². The lowest BCUT2D eigenvalue weighted by Crippen LogP contribution is -2.50. The summed E-state index contributed by atoms with van der Waals surface area (Å²) >= 11 is 0. The maximum Gasteiger partial charge on any atom is 0.240 e. The van der Waals surface area contributed by atoms with E-state index in [4.69, 9.17) is 5.73 Å². The summed E-state index contributed by atoms with van der Waals surface area (Å²) < 4.78 is 0. The number of carbonyl (C=O) groups excluding carboxylic acids is 3. The number of phenolic OH excluding ortho intramolecular Hbond substituents is 1. The van der Waals surface area contributed by atoms with E-state index in [1.54, 1.807) is 47.6 Å². The molecule has 2 amide bonds. The molecule has 0 aliphatic carbocycles. The summed E-state index contributed by atoms with van der Waals surface area (Å²) in [7, 11) is 0. The van der Waals surface area contributed by atoms with E-state index in [1.165, 1.54) is 4.90 Å². The Kier molecular flexibility index (Phi) is 5.50. The van der Waals surface area contributed by atoms with Gasteiger partial charge < -0.3 is 20.6 Å². The molecule has 2 fully saturated rings. The maximum absolute atomic E-state index is 13.0. The van der Waals surface area contributed by atoms with Gasteiger partial charge in [-0.1, -0.05) is 18.2 Å². The molecule has 4 rings (SSSR count). The van der Waals surface area contributed by atoms with Gasteiger partial charge in [0.15, 0.2) is 5.78 Å². The van der Waals surface area contributed by atoms with Gasteiger partial charge in [0.25, 0.3) is 0 Å². The number of benzene rings is 1. The highest BCUT2D eigenvalue weighted by Crippen LogP contribution is 2.30. The fourth-order valence-corrected chi connectivity index (χ4v) is 4.35. The van der Waals surface area contributed by atoms with Gasteiger partial charge in [-0.05, 0) is 42.2 Å².